The van der Waals surface area contributed by atoms with Crippen molar-refractivity contribution in [2.24, 2.45) is 0 Å². The maximum atomic E-state index is 11.4. The number of aliphatic hydroxyl groups is 1. The predicted molar refractivity (Wildman–Crippen MR) is 82.2 cm³/mol. The van der Waals surface area contributed by atoms with E-state index in [0.717, 1.165) is 13.1 Å². The Balaban J connectivity index is 2.98. The number of alkyl halides is 1. The van der Waals surface area contributed by atoms with Crippen LogP contribution in [0.25, 0.3) is 0 Å². The van der Waals surface area contributed by atoms with E-state index in [1.165, 1.54) is 0 Å². The normalized spacial score (nSPS) is 12.0. The first-order valence-electron chi connectivity index (χ1n) is 6.63. The molecule has 0 spiro atoms. The second kappa shape index (κ2) is 7.97. The molecule has 1 aromatic rings. The quantitative estimate of drug-likeness (QED) is 0.642. The minimum Gasteiger partial charge on any atom is -0.478 e. The Bertz CT molecular complexity index is 450. The second-order valence-electron chi connectivity index (χ2n) is 4.40. The number of carboxylic acids is 1. The number of halogens is 1. The van der Waals surface area contributed by atoms with Gasteiger partial charge in [0.25, 0.3) is 0 Å². The summed E-state index contributed by atoms with van der Waals surface area (Å²) in [7, 11) is 0. The molecule has 0 radical (unpaired) electrons. The van der Waals surface area contributed by atoms with Crippen LogP contribution in [0.3, 0.4) is 0 Å². The molecule has 0 saturated carbocycles. The maximum absolute atomic E-state index is 11.4. The molecule has 1 rings (SSSR count). The minimum absolute atomic E-state index is 0.135. The van der Waals surface area contributed by atoms with Gasteiger partial charge < -0.3 is 20.4 Å². The third-order valence-corrected chi connectivity index (χ3v) is 3.41. The number of rotatable bonds is 8. The van der Waals surface area contributed by atoms with Crippen molar-refractivity contribution in [1.29, 1.82) is 0 Å². The van der Waals surface area contributed by atoms with Crippen LogP contribution < -0.4 is 10.2 Å². The molecule has 1 aromatic carbocycles. The van der Waals surface area contributed by atoms with E-state index in [1.807, 2.05) is 18.7 Å². The van der Waals surface area contributed by atoms with Gasteiger partial charge in [0.1, 0.15) is 0 Å². The Hall–Kier alpha value is -1.46. The first-order valence-corrected chi connectivity index (χ1v) is 7.17. The molecule has 6 heteroatoms. The summed E-state index contributed by atoms with van der Waals surface area (Å²) < 4.78 is 0. The van der Waals surface area contributed by atoms with E-state index in [4.69, 9.17) is 11.6 Å². The molecule has 0 saturated heterocycles. The smallest absolute Gasteiger partial charge is 0.337 e. The summed E-state index contributed by atoms with van der Waals surface area (Å²) in [6, 6.07) is 5.17. The van der Waals surface area contributed by atoms with E-state index in [2.05, 4.69) is 5.32 Å². The number of nitrogens with one attached hydrogen (secondary N) is 1. The fourth-order valence-corrected chi connectivity index (χ4v) is 2.06. The second-order valence-corrected chi connectivity index (χ2v) is 4.71. The average Bonchev–Trinajstić information content (AvgIpc) is 2.46. The number of hydrogen-bond donors (Lipinski definition) is 3. The molecule has 0 heterocycles. The van der Waals surface area contributed by atoms with Gasteiger partial charge in [-0.25, -0.2) is 4.79 Å². The highest BCUT2D eigenvalue weighted by atomic mass is 35.5. The van der Waals surface area contributed by atoms with Crippen molar-refractivity contribution < 1.29 is 15.0 Å². The summed E-state index contributed by atoms with van der Waals surface area (Å²) in [5.74, 6) is -0.829. The summed E-state index contributed by atoms with van der Waals surface area (Å²) in [5.41, 5.74) is 1.60. The maximum Gasteiger partial charge on any atom is 0.337 e. The Morgan fingerprint density at radius 1 is 1.40 bits per heavy atom. The van der Waals surface area contributed by atoms with E-state index in [-0.39, 0.29) is 18.0 Å². The van der Waals surface area contributed by atoms with Crippen LogP contribution in [-0.4, -0.2) is 47.8 Å². The molecule has 0 aliphatic carbocycles. The number of benzene rings is 1. The van der Waals surface area contributed by atoms with Crippen molar-refractivity contribution in [2.75, 3.05) is 35.7 Å². The Kier molecular flexibility index (Phi) is 6.61. The van der Waals surface area contributed by atoms with Crippen LogP contribution in [0.2, 0.25) is 0 Å². The highest BCUT2D eigenvalue weighted by Gasteiger charge is 2.15. The molecule has 0 aliphatic rings. The van der Waals surface area contributed by atoms with Gasteiger partial charge in [-0.3, -0.25) is 0 Å². The molecule has 0 bridgehead atoms. The van der Waals surface area contributed by atoms with Gasteiger partial charge in [0.15, 0.2) is 0 Å². The zero-order valence-corrected chi connectivity index (χ0v) is 12.5. The largest absolute Gasteiger partial charge is 0.478 e. The summed E-state index contributed by atoms with van der Waals surface area (Å²) in [4.78, 5) is 13.4. The molecule has 0 amide bonds. The molecule has 0 fully saturated rings. The fourth-order valence-electron chi connectivity index (χ4n) is 1.95. The van der Waals surface area contributed by atoms with Gasteiger partial charge in [-0.15, -0.1) is 11.6 Å². The van der Waals surface area contributed by atoms with Crippen LogP contribution in [-0.2, 0) is 0 Å². The number of anilines is 2. The lowest BCUT2D eigenvalue weighted by Crippen LogP contribution is -2.24. The van der Waals surface area contributed by atoms with Crippen molar-refractivity contribution in [3.05, 3.63) is 23.8 Å². The highest BCUT2D eigenvalue weighted by Crippen LogP contribution is 2.24. The SMILES string of the molecule is CCN(CC)c1ccc(NCC(O)CCl)cc1C(=O)O. The highest BCUT2D eigenvalue weighted by molar-refractivity contribution is 6.18. The molecule has 112 valence electrons. The molecule has 20 heavy (non-hydrogen) atoms. The van der Waals surface area contributed by atoms with E-state index < -0.39 is 12.1 Å². The first kappa shape index (κ1) is 16.6. The lowest BCUT2D eigenvalue weighted by atomic mass is 10.1. The van der Waals surface area contributed by atoms with E-state index in [1.54, 1.807) is 18.2 Å². The van der Waals surface area contributed by atoms with Gasteiger partial charge in [-0.1, -0.05) is 0 Å². The Morgan fingerprint density at radius 2 is 2.05 bits per heavy atom. The fraction of sp³-hybridized carbons (Fsp3) is 0.500. The summed E-state index contributed by atoms with van der Waals surface area (Å²) in [6.45, 7) is 5.74. The van der Waals surface area contributed by atoms with Crippen molar-refractivity contribution in [3.63, 3.8) is 0 Å². The van der Waals surface area contributed by atoms with Gasteiger partial charge in [0.05, 0.1) is 23.2 Å². The van der Waals surface area contributed by atoms with Crippen LogP contribution in [0, 0.1) is 0 Å². The van der Waals surface area contributed by atoms with Gasteiger partial charge >= 0.3 is 5.97 Å². The van der Waals surface area contributed by atoms with Crippen LogP contribution in [0.5, 0.6) is 0 Å². The van der Waals surface area contributed by atoms with Crippen molar-refractivity contribution in [3.8, 4) is 0 Å². The van der Waals surface area contributed by atoms with Crippen molar-refractivity contribution in [1.82, 2.24) is 0 Å². The van der Waals surface area contributed by atoms with Crippen LogP contribution >= 0.6 is 11.6 Å². The van der Waals surface area contributed by atoms with E-state index in [0.29, 0.717) is 11.4 Å². The van der Waals surface area contributed by atoms with Crippen LogP contribution in [0.15, 0.2) is 18.2 Å². The number of carbonyl (C=O) groups is 1. The zero-order chi connectivity index (χ0) is 15.1. The molecule has 3 N–H and O–H groups in total. The number of aliphatic hydroxyl groups excluding tert-OH is 1. The van der Waals surface area contributed by atoms with Crippen LogP contribution in [0.1, 0.15) is 24.2 Å². The molecule has 1 atom stereocenters. The van der Waals surface area contributed by atoms with Gasteiger partial charge in [0.2, 0.25) is 0 Å². The minimum atomic E-state index is -0.964. The number of hydrogen-bond acceptors (Lipinski definition) is 4. The number of carboxylic acid groups (broad SMARTS) is 1. The molecule has 5 nitrogen and oxygen atoms in total. The third kappa shape index (κ3) is 4.28. The topological polar surface area (TPSA) is 72.8 Å². The number of aromatic carboxylic acids is 1. The van der Waals surface area contributed by atoms with Crippen LogP contribution in [0.4, 0.5) is 11.4 Å². The molecule has 1 unspecified atom stereocenters. The lowest BCUT2D eigenvalue weighted by molar-refractivity contribution is 0.0697. The summed E-state index contributed by atoms with van der Waals surface area (Å²) in [6.07, 6.45) is -0.660. The van der Waals surface area contributed by atoms with E-state index >= 15 is 0 Å². The molecule has 0 aliphatic heterocycles. The number of nitrogens with zero attached hydrogens (tertiary/aromatic N) is 1. The Labute approximate surface area is 124 Å². The first-order chi connectivity index (χ1) is 9.53. The Morgan fingerprint density at radius 3 is 2.55 bits per heavy atom. The zero-order valence-electron chi connectivity index (χ0n) is 11.8. The van der Waals surface area contributed by atoms with Gasteiger partial charge in [-0.05, 0) is 32.0 Å². The van der Waals surface area contributed by atoms with Crippen molar-refractivity contribution in [2.45, 2.75) is 20.0 Å². The standard InChI is InChI=1S/C14H21ClN2O3/c1-3-17(4-2)13-6-5-10(7-12(13)14(19)20)16-9-11(18)8-15/h5-7,11,16,18H,3-4,8-9H2,1-2H3,(H,19,20). The van der Waals surface area contributed by atoms with Gasteiger partial charge in [0, 0.05) is 25.3 Å². The van der Waals surface area contributed by atoms with Gasteiger partial charge in [-0.2, -0.15) is 0 Å². The predicted octanol–water partition coefficient (Wildman–Crippen LogP) is 2.24. The average molecular weight is 301 g/mol. The molecule has 0 aromatic heterocycles. The van der Waals surface area contributed by atoms with E-state index in [9.17, 15) is 15.0 Å². The summed E-state index contributed by atoms with van der Waals surface area (Å²) in [5, 5.41) is 21.7. The third-order valence-electron chi connectivity index (χ3n) is 3.05. The monoisotopic (exact) mass is 300 g/mol. The van der Waals surface area contributed by atoms with Crippen molar-refractivity contribution >= 4 is 28.9 Å². The molecular weight excluding hydrogens is 280 g/mol. The molecular formula is C14H21ClN2O3. The lowest BCUT2D eigenvalue weighted by Gasteiger charge is -2.23. The summed E-state index contributed by atoms with van der Waals surface area (Å²) >= 11 is 5.51.